The van der Waals surface area contributed by atoms with Crippen molar-refractivity contribution in [3.8, 4) is 11.5 Å². The van der Waals surface area contributed by atoms with Crippen LogP contribution in [-0.4, -0.2) is 64.8 Å². The molecule has 0 saturated heterocycles. The largest absolute Gasteiger partial charge is 0.497 e. The van der Waals surface area contributed by atoms with Crippen LogP contribution in [0.15, 0.2) is 46.5 Å². The average molecular weight is 549 g/mol. The molecule has 0 heterocycles. The molecule has 1 aromatic rings. The number of ether oxygens (including phenoxy) is 6. The number of hydrogen-bond donors (Lipinski definition) is 1. The minimum atomic E-state index is -1.05. The number of esters is 2. The zero-order valence-corrected chi connectivity index (χ0v) is 24.2. The Morgan fingerprint density at radius 1 is 1.05 bits per heavy atom. The van der Waals surface area contributed by atoms with Crippen LogP contribution in [-0.2, 0) is 33.3 Å². The summed E-state index contributed by atoms with van der Waals surface area (Å²) >= 11 is 0. The van der Waals surface area contributed by atoms with E-state index in [2.05, 4.69) is 17.0 Å². The molecule has 0 unspecified atom stereocenters. The SMILES string of the molecule is C=N/C(C(=O)N[C@@H](C)C(=O)O[C@@H](C)[C@H](c1ccc(OC)cc1OC)C(C)C)=C(OCOC(C)=O)\C(=C/C)OC. The number of nitrogens with one attached hydrogen (secondary N) is 1. The van der Waals surface area contributed by atoms with E-state index in [9.17, 15) is 14.4 Å². The summed E-state index contributed by atoms with van der Waals surface area (Å²) in [7, 11) is 4.50. The highest BCUT2D eigenvalue weighted by molar-refractivity contribution is 5.97. The van der Waals surface area contributed by atoms with Crippen LogP contribution >= 0.6 is 0 Å². The smallest absolute Gasteiger partial charge is 0.328 e. The average Bonchev–Trinajstić information content (AvgIpc) is 2.89. The fourth-order valence-corrected chi connectivity index (χ4v) is 3.95. The van der Waals surface area contributed by atoms with Crippen LogP contribution in [0, 0.1) is 5.92 Å². The van der Waals surface area contributed by atoms with E-state index >= 15 is 0 Å². The van der Waals surface area contributed by atoms with E-state index in [0.717, 1.165) is 5.56 Å². The molecule has 0 aliphatic carbocycles. The molecule has 3 atom stereocenters. The monoisotopic (exact) mass is 548 g/mol. The lowest BCUT2D eigenvalue weighted by molar-refractivity contribution is -0.153. The maximum atomic E-state index is 13.0. The van der Waals surface area contributed by atoms with Crippen molar-refractivity contribution < 1.29 is 42.8 Å². The minimum absolute atomic E-state index is 0.0877. The first kappa shape index (κ1) is 33.0. The van der Waals surface area contributed by atoms with Gasteiger partial charge in [0.25, 0.3) is 5.91 Å². The normalized spacial score (nSPS) is 14.3. The number of rotatable bonds is 15. The van der Waals surface area contributed by atoms with Gasteiger partial charge in [0.05, 0.1) is 21.3 Å². The Morgan fingerprint density at radius 2 is 1.72 bits per heavy atom. The number of aliphatic imine (C=N–C) groups is 1. The van der Waals surface area contributed by atoms with Gasteiger partial charge in [-0.15, -0.1) is 0 Å². The second-order valence-corrected chi connectivity index (χ2v) is 8.81. The van der Waals surface area contributed by atoms with Gasteiger partial charge >= 0.3 is 11.9 Å². The van der Waals surface area contributed by atoms with Crippen LogP contribution in [0.5, 0.6) is 11.5 Å². The first-order valence-corrected chi connectivity index (χ1v) is 12.4. The number of benzene rings is 1. The summed E-state index contributed by atoms with van der Waals surface area (Å²) in [5, 5.41) is 2.55. The number of carbonyl (C=O) groups is 3. The predicted octanol–water partition coefficient (Wildman–Crippen LogP) is 3.88. The van der Waals surface area contributed by atoms with Crippen LogP contribution in [0.25, 0.3) is 0 Å². The van der Waals surface area contributed by atoms with Gasteiger partial charge in [0.1, 0.15) is 23.6 Å². The molecule has 0 spiro atoms. The molecule has 0 aliphatic heterocycles. The van der Waals surface area contributed by atoms with E-state index in [-0.39, 0.29) is 29.1 Å². The maximum Gasteiger partial charge on any atom is 0.328 e. The van der Waals surface area contributed by atoms with Crippen molar-refractivity contribution in [3.63, 3.8) is 0 Å². The van der Waals surface area contributed by atoms with Crippen molar-refractivity contribution in [2.75, 3.05) is 28.1 Å². The highest BCUT2D eigenvalue weighted by atomic mass is 16.7. The van der Waals surface area contributed by atoms with Crippen molar-refractivity contribution in [3.05, 3.63) is 47.1 Å². The summed E-state index contributed by atoms with van der Waals surface area (Å²) < 4.78 is 32.1. The molecule has 0 aromatic heterocycles. The Balaban J connectivity index is 3.14. The third kappa shape index (κ3) is 9.35. The number of allylic oxidation sites excluding steroid dienone is 1. The second kappa shape index (κ2) is 16.1. The lowest BCUT2D eigenvalue weighted by Gasteiger charge is -2.30. The van der Waals surface area contributed by atoms with Gasteiger partial charge in [-0.1, -0.05) is 19.9 Å². The first-order chi connectivity index (χ1) is 18.4. The van der Waals surface area contributed by atoms with Gasteiger partial charge in [-0.05, 0) is 45.5 Å². The standard InChI is InChI=1S/C28H40N2O9/c1-11-22(35-9)26(38-15-37-19(6)31)25(29-7)27(32)30-17(4)28(33)39-18(5)24(16(2)3)21-13-12-20(34-8)14-23(21)36-10/h11-14,16-18,24H,7,15H2,1-6,8-10H3,(H,30,32)/b22-11+,26-25+/t17-,18-,24+/m0/s1. The molecule has 216 valence electrons. The van der Waals surface area contributed by atoms with E-state index in [1.807, 2.05) is 26.0 Å². The van der Waals surface area contributed by atoms with Crippen molar-refractivity contribution in [1.29, 1.82) is 0 Å². The summed E-state index contributed by atoms with van der Waals surface area (Å²) in [5.41, 5.74) is 0.590. The Labute approximate surface area is 230 Å². The van der Waals surface area contributed by atoms with Crippen molar-refractivity contribution >= 4 is 24.6 Å². The zero-order valence-electron chi connectivity index (χ0n) is 24.2. The first-order valence-electron chi connectivity index (χ1n) is 12.4. The van der Waals surface area contributed by atoms with Gasteiger partial charge in [-0.2, -0.15) is 0 Å². The van der Waals surface area contributed by atoms with Crippen LogP contribution in [0.1, 0.15) is 53.0 Å². The molecule has 1 amide bonds. The van der Waals surface area contributed by atoms with E-state index in [0.29, 0.717) is 11.5 Å². The number of hydrogen-bond acceptors (Lipinski definition) is 10. The predicted molar refractivity (Wildman–Crippen MR) is 145 cm³/mol. The molecule has 11 nitrogen and oxygen atoms in total. The Kier molecular flexibility index (Phi) is 13.6. The molecule has 11 heteroatoms. The van der Waals surface area contributed by atoms with Crippen LogP contribution in [0.3, 0.4) is 0 Å². The third-order valence-electron chi connectivity index (χ3n) is 5.79. The second-order valence-electron chi connectivity index (χ2n) is 8.81. The summed E-state index contributed by atoms with van der Waals surface area (Å²) in [6.07, 6.45) is 0.970. The molecule has 1 N–H and O–H groups in total. The Morgan fingerprint density at radius 3 is 2.21 bits per heavy atom. The van der Waals surface area contributed by atoms with Crippen molar-refractivity contribution in [1.82, 2.24) is 5.32 Å². The van der Waals surface area contributed by atoms with Gasteiger partial charge in [-0.25, -0.2) is 4.79 Å². The number of carbonyl (C=O) groups excluding carboxylic acids is 3. The minimum Gasteiger partial charge on any atom is -0.497 e. The fraction of sp³-hybridized carbons (Fsp3) is 0.500. The lowest BCUT2D eigenvalue weighted by Crippen LogP contribution is -2.42. The Hall–Kier alpha value is -4.02. The van der Waals surface area contributed by atoms with Gasteiger partial charge in [0.15, 0.2) is 17.2 Å². The quantitative estimate of drug-likeness (QED) is 0.0866. The van der Waals surface area contributed by atoms with Gasteiger partial charge in [0, 0.05) is 24.5 Å². The topological polar surface area (TPSA) is 131 Å². The van der Waals surface area contributed by atoms with Crippen LogP contribution in [0.4, 0.5) is 0 Å². The number of nitrogens with zero attached hydrogens (tertiary/aromatic N) is 1. The lowest BCUT2D eigenvalue weighted by atomic mass is 9.83. The van der Waals surface area contributed by atoms with Crippen LogP contribution < -0.4 is 14.8 Å². The van der Waals surface area contributed by atoms with Crippen LogP contribution in [0.2, 0.25) is 0 Å². The fourth-order valence-electron chi connectivity index (χ4n) is 3.95. The maximum absolute atomic E-state index is 13.0. The van der Waals surface area contributed by atoms with E-state index in [1.54, 1.807) is 34.1 Å². The summed E-state index contributed by atoms with van der Waals surface area (Å²) in [5.74, 6) is -0.832. The zero-order chi connectivity index (χ0) is 29.7. The molecule has 0 bridgehead atoms. The highest BCUT2D eigenvalue weighted by Crippen LogP contribution is 2.37. The molecule has 0 fully saturated rings. The summed E-state index contributed by atoms with van der Waals surface area (Å²) in [6, 6.07) is 4.43. The number of methoxy groups -OCH3 is 3. The van der Waals surface area contributed by atoms with Crippen molar-refractivity contribution in [2.45, 2.75) is 59.6 Å². The molecule has 0 saturated carbocycles. The third-order valence-corrected chi connectivity index (χ3v) is 5.79. The molecular weight excluding hydrogens is 508 g/mol. The van der Waals surface area contributed by atoms with Gasteiger partial charge in [0.2, 0.25) is 6.79 Å². The molecule has 39 heavy (non-hydrogen) atoms. The van der Waals surface area contributed by atoms with E-state index in [1.165, 1.54) is 27.0 Å². The highest BCUT2D eigenvalue weighted by Gasteiger charge is 2.31. The summed E-state index contributed by atoms with van der Waals surface area (Å²) in [6.45, 7) is 13.1. The van der Waals surface area contributed by atoms with Crippen molar-refractivity contribution in [2.24, 2.45) is 10.9 Å². The molecule has 0 aliphatic rings. The molecule has 1 rings (SSSR count). The van der Waals surface area contributed by atoms with Gasteiger partial charge < -0.3 is 33.7 Å². The number of amides is 1. The molecule has 0 radical (unpaired) electrons. The van der Waals surface area contributed by atoms with Gasteiger partial charge in [-0.3, -0.25) is 14.6 Å². The molecular formula is C28H40N2O9. The van der Waals surface area contributed by atoms with E-state index < -0.39 is 36.8 Å². The van der Waals surface area contributed by atoms with E-state index in [4.69, 9.17) is 28.4 Å². The summed E-state index contributed by atoms with van der Waals surface area (Å²) in [4.78, 5) is 40.9. The molecule has 1 aromatic carbocycles. The Bertz CT molecular complexity index is 1080.